The molecule has 0 aliphatic heterocycles. The zero-order valence-electron chi connectivity index (χ0n) is 7.41. The normalized spacial score (nSPS) is 10.3. The highest BCUT2D eigenvalue weighted by atomic mass is 32.1. The van der Waals surface area contributed by atoms with Gasteiger partial charge in [0, 0.05) is 10.9 Å². The monoisotopic (exact) mass is 225 g/mol. The van der Waals surface area contributed by atoms with Crippen LogP contribution in [0.3, 0.4) is 0 Å². The minimum absolute atomic E-state index is 0.0769. The molecule has 0 spiro atoms. The summed E-state index contributed by atoms with van der Waals surface area (Å²) in [4.78, 5) is 14.2. The Kier molecular flexibility index (Phi) is 2.55. The van der Waals surface area contributed by atoms with Crippen LogP contribution in [0.2, 0.25) is 0 Å². The Morgan fingerprint density at radius 1 is 1.33 bits per heavy atom. The number of halogens is 2. The van der Waals surface area contributed by atoms with Crippen molar-refractivity contribution in [2.75, 3.05) is 0 Å². The van der Waals surface area contributed by atoms with E-state index >= 15 is 0 Å². The van der Waals surface area contributed by atoms with E-state index < -0.39 is 11.6 Å². The summed E-state index contributed by atoms with van der Waals surface area (Å²) in [5.74, 6) is -1.09. The van der Waals surface area contributed by atoms with Crippen LogP contribution in [0, 0.1) is 11.6 Å². The molecule has 0 aliphatic carbocycles. The second-order valence-electron chi connectivity index (χ2n) is 2.82. The van der Waals surface area contributed by atoms with Crippen LogP contribution in [0.25, 0.3) is 10.6 Å². The van der Waals surface area contributed by atoms with Crippen molar-refractivity contribution in [1.29, 1.82) is 0 Å². The van der Waals surface area contributed by atoms with Gasteiger partial charge in [0.2, 0.25) is 0 Å². The molecule has 2 aromatic rings. The number of benzene rings is 1. The van der Waals surface area contributed by atoms with Crippen molar-refractivity contribution in [3.05, 3.63) is 40.9 Å². The lowest BCUT2D eigenvalue weighted by Gasteiger charge is -1.98. The van der Waals surface area contributed by atoms with Gasteiger partial charge in [-0.05, 0) is 18.2 Å². The summed E-state index contributed by atoms with van der Waals surface area (Å²) in [5, 5.41) is 1.79. The smallest absolute Gasteiger partial charge is 0.169 e. The number of thiazole rings is 1. The molecule has 0 amide bonds. The minimum Gasteiger partial charge on any atom is -0.296 e. The summed E-state index contributed by atoms with van der Waals surface area (Å²) in [7, 11) is 0. The van der Waals surface area contributed by atoms with Gasteiger partial charge in [-0.3, -0.25) is 4.79 Å². The number of aldehydes is 1. The average Bonchev–Trinajstić information content (AvgIpc) is 2.70. The van der Waals surface area contributed by atoms with Gasteiger partial charge in [-0.15, -0.1) is 11.3 Å². The van der Waals surface area contributed by atoms with Crippen molar-refractivity contribution in [1.82, 2.24) is 4.98 Å². The average molecular weight is 225 g/mol. The van der Waals surface area contributed by atoms with E-state index in [9.17, 15) is 13.6 Å². The van der Waals surface area contributed by atoms with Crippen LogP contribution in [-0.4, -0.2) is 11.3 Å². The lowest BCUT2D eigenvalue weighted by molar-refractivity contribution is 0.111. The largest absolute Gasteiger partial charge is 0.296 e. The Labute approximate surface area is 88.2 Å². The molecule has 0 aliphatic rings. The SMILES string of the molecule is O=Cc1csc(-c2cc(F)ccc2F)n1. The number of hydrogen-bond acceptors (Lipinski definition) is 3. The number of carbonyl (C=O) groups is 1. The Morgan fingerprint density at radius 3 is 2.80 bits per heavy atom. The van der Waals surface area contributed by atoms with Crippen molar-refractivity contribution in [2.45, 2.75) is 0 Å². The summed E-state index contributed by atoms with van der Waals surface area (Å²) in [5.41, 5.74) is 0.298. The first-order chi connectivity index (χ1) is 7.20. The maximum Gasteiger partial charge on any atom is 0.169 e. The van der Waals surface area contributed by atoms with Crippen LogP contribution in [0.5, 0.6) is 0 Å². The van der Waals surface area contributed by atoms with Gasteiger partial charge in [-0.1, -0.05) is 0 Å². The highest BCUT2D eigenvalue weighted by Gasteiger charge is 2.10. The van der Waals surface area contributed by atoms with Gasteiger partial charge in [0.15, 0.2) is 6.29 Å². The Bertz CT molecular complexity index is 510. The summed E-state index contributed by atoms with van der Waals surface area (Å²) >= 11 is 1.10. The molecule has 0 N–H and O–H groups in total. The van der Waals surface area contributed by atoms with Gasteiger partial charge >= 0.3 is 0 Å². The van der Waals surface area contributed by atoms with E-state index in [0.29, 0.717) is 11.3 Å². The third kappa shape index (κ3) is 1.92. The van der Waals surface area contributed by atoms with Gasteiger partial charge in [-0.25, -0.2) is 13.8 Å². The first kappa shape index (κ1) is 9.92. The van der Waals surface area contributed by atoms with Crippen LogP contribution in [-0.2, 0) is 0 Å². The van der Waals surface area contributed by atoms with E-state index in [4.69, 9.17) is 0 Å². The van der Waals surface area contributed by atoms with Gasteiger partial charge in [-0.2, -0.15) is 0 Å². The summed E-state index contributed by atoms with van der Waals surface area (Å²) in [6, 6.07) is 3.13. The van der Waals surface area contributed by atoms with Gasteiger partial charge < -0.3 is 0 Å². The Morgan fingerprint density at radius 2 is 2.13 bits per heavy atom. The second kappa shape index (κ2) is 3.86. The lowest BCUT2D eigenvalue weighted by atomic mass is 10.2. The first-order valence-electron chi connectivity index (χ1n) is 4.07. The number of nitrogens with zero attached hydrogens (tertiary/aromatic N) is 1. The zero-order valence-corrected chi connectivity index (χ0v) is 8.22. The quantitative estimate of drug-likeness (QED) is 0.735. The zero-order chi connectivity index (χ0) is 10.8. The molecule has 5 heteroatoms. The van der Waals surface area contributed by atoms with Crippen LogP contribution in [0.15, 0.2) is 23.6 Å². The molecule has 76 valence electrons. The number of rotatable bonds is 2. The molecular weight excluding hydrogens is 220 g/mol. The van der Waals surface area contributed by atoms with E-state index in [2.05, 4.69) is 4.98 Å². The molecule has 0 saturated heterocycles. The van der Waals surface area contributed by atoms with E-state index in [1.807, 2.05) is 0 Å². The predicted octanol–water partition coefficient (Wildman–Crippen LogP) is 2.90. The molecule has 2 rings (SSSR count). The molecule has 0 bridgehead atoms. The molecule has 0 atom stereocenters. The molecule has 15 heavy (non-hydrogen) atoms. The summed E-state index contributed by atoms with van der Waals surface area (Å²) in [6.07, 6.45) is 0.567. The topological polar surface area (TPSA) is 30.0 Å². The fraction of sp³-hybridized carbons (Fsp3) is 0. The van der Waals surface area contributed by atoms with E-state index in [-0.39, 0.29) is 11.3 Å². The summed E-state index contributed by atoms with van der Waals surface area (Å²) in [6.45, 7) is 0. The van der Waals surface area contributed by atoms with E-state index in [0.717, 1.165) is 29.5 Å². The highest BCUT2D eigenvalue weighted by molar-refractivity contribution is 7.13. The fourth-order valence-corrected chi connectivity index (χ4v) is 1.91. The number of aromatic nitrogens is 1. The summed E-state index contributed by atoms with van der Waals surface area (Å²) < 4.78 is 26.1. The molecule has 0 radical (unpaired) electrons. The highest BCUT2D eigenvalue weighted by Crippen LogP contribution is 2.26. The van der Waals surface area contributed by atoms with E-state index in [1.54, 1.807) is 0 Å². The predicted molar refractivity (Wildman–Crippen MR) is 52.9 cm³/mol. The Balaban J connectivity index is 2.52. The van der Waals surface area contributed by atoms with Crippen molar-refractivity contribution in [3.63, 3.8) is 0 Å². The Hall–Kier alpha value is -1.62. The van der Waals surface area contributed by atoms with Crippen LogP contribution >= 0.6 is 11.3 Å². The van der Waals surface area contributed by atoms with Crippen LogP contribution in [0.1, 0.15) is 10.5 Å². The van der Waals surface area contributed by atoms with Gasteiger partial charge in [0.1, 0.15) is 22.3 Å². The van der Waals surface area contributed by atoms with Crippen molar-refractivity contribution in [3.8, 4) is 10.6 Å². The van der Waals surface area contributed by atoms with Crippen molar-refractivity contribution >= 4 is 17.6 Å². The lowest BCUT2D eigenvalue weighted by Crippen LogP contribution is -1.86. The van der Waals surface area contributed by atoms with Crippen molar-refractivity contribution < 1.29 is 13.6 Å². The van der Waals surface area contributed by atoms with Crippen LogP contribution in [0.4, 0.5) is 8.78 Å². The van der Waals surface area contributed by atoms with Crippen LogP contribution < -0.4 is 0 Å². The second-order valence-corrected chi connectivity index (χ2v) is 3.68. The molecule has 0 fully saturated rings. The third-order valence-electron chi connectivity index (χ3n) is 1.80. The molecule has 0 saturated carbocycles. The third-order valence-corrected chi connectivity index (χ3v) is 2.70. The minimum atomic E-state index is -0.553. The number of hydrogen-bond donors (Lipinski definition) is 0. The van der Waals surface area contributed by atoms with E-state index in [1.165, 1.54) is 5.38 Å². The molecule has 1 aromatic heterocycles. The standard InChI is InChI=1S/C10H5F2NOS/c11-6-1-2-9(12)8(3-6)10-13-7(4-14)5-15-10/h1-5H. The molecule has 1 heterocycles. The van der Waals surface area contributed by atoms with Crippen molar-refractivity contribution in [2.24, 2.45) is 0 Å². The van der Waals surface area contributed by atoms with Gasteiger partial charge in [0.05, 0.1) is 0 Å². The molecule has 2 nitrogen and oxygen atoms in total. The number of carbonyl (C=O) groups excluding carboxylic acids is 1. The van der Waals surface area contributed by atoms with Gasteiger partial charge in [0.25, 0.3) is 0 Å². The maximum absolute atomic E-state index is 13.3. The fourth-order valence-electron chi connectivity index (χ4n) is 1.13. The molecule has 0 unspecified atom stereocenters. The molecule has 1 aromatic carbocycles. The first-order valence-corrected chi connectivity index (χ1v) is 4.95. The maximum atomic E-state index is 13.3. The molecular formula is C10H5F2NOS.